The van der Waals surface area contributed by atoms with Crippen LogP contribution >= 0.6 is 0 Å². The maximum atomic E-state index is 12.0. The average molecular weight is 304 g/mol. The Hall–Kier alpha value is -1.88. The summed E-state index contributed by atoms with van der Waals surface area (Å²) in [6.07, 6.45) is 5.65. The van der Waals surface area contributed by atoms with Crippen molar-refractivity contribution >= 4 is 17.5 Å². The lowest BCUT2D eigenvalue weighted by molar-refractivity contribution is -0.126. The van der Waals surface area contributed by atoms with Gasteiger partial charge in [-0.3, -0.25) is 9.59 Å². The van der Waals surface area contributed by atoms with Crippen molar-refractivity contribution in [1.29, 1.82) is 0 Å². The van der Waals surface area contributed by atoms with Gasteiger partial charge in [-0.05, 0) is 30.5 Å². The number of aliphatic hydroxyl groups is 1. The maximum absolute atomic E-state index is 12.0. The molecule has 0 spiro atoms. The number of carbonyl (C=O) groups excluding carboxylic acids is 2. The second kappa shape index (κ2) is 8.54. The molecule has 1 fully saturated rings. The Kier molecular flexibility index (Phi) is 6.40. The summed E-state index contributed by atoms with van der Waals surface area (Å²) in [6, 6.07) is 7.09. The zero-order valence-electron chi connectivity index (χ0n) is 12.8. The van der Waals surface area contributed by atoms with E-state index in [0.717, 1.165) is 31.2 Å². The zero-order valence-corrected chi connectivity index (χ0v) is 12.8. The van der Waals surface area contributed by atoms with Gasteiger partial charge >= 0.3 is 0 Å². The van der Waals surface area contributed by atoms with E-state index in [-0.39, 0.29) is 30.8 Å². The molecule has 1 aromatic carbocycles. The van der Waals surface area contributed by atoms with Gasteiger partial charge in [-0.25, -0.2) is 0 Å². The van der Waals surface area contributed by atoms with E-state index in [1.165, 1.54) is 6.42 Å². The second-order valence-electron chi connectivity index (χ2n) is 5.78. The lowest BCUT2D eigenvalue weighted by Gasteiger charge is -2.20. The molecule has 120 valence electrons. The first-order chi connectivity index (χ1) is 10.7. The Labute approximate surface area is 131 Å². The van der Waals surface area contributed by atoms with Gasteiger partial charge in [0.15, 0.2) is 0 Å². The van der Waals surface area contributed by atoms with Gasteiger partial charge in [0, 0.05) is 24.6 Å². The quantitative estimate of drug-likeness (QED) is 0.754. The van der Waals surface area contributed by atoms with Crippen LogP contribution in [0.5, 0.6) is 0 Å². The molecule has 5 nitrogen and oxygen atoms in total. The first-order valence-corrected chi connectivity index (χ1v) is 7.96. The summed E-state index contributed by atoms with van der Waals surface area (Å²) in [6.45, 7) is 0.308. The number of aliphatic hydroxyl groups excluding tert-OH is 1. The number of amides is 2. The molecule has 0 atom stereocenters. The molecule has 22 heavy (non-hydrogen) atoms. The highest BCUT2D eigenvalue weighted by Gasteiger charge is 2.20. The van der Waals surface area contributed by atoms with Crippen LogP contribution in [0.2, 0.25) is 0 Å². The summed E-state index contributed by atoms with van der Waals surface area (Å²) in [7, 11) is 0. The van der Waals surface area contributed by atoms with Crippen molar-refractivity contribution in [3.05, 3.63) is 29.8 Å². The molecule has 5 heteroatoms. The minimum atomic E-state index is -0.140. The standard InChI is InChI=1S/C17H24N2O3/c20-12-13-5-4-8-15(11-13)19-16(21)9-10-18-17(22)14-6-2-1-3-7-14/h4-5,8,11,14,20H,1-3,6-7,9-10,12H2,(H,18,22)(H,19,21). The second-order valence-corrected chi connectivity index (χ2v) is 5.78. The first-order valence-electron chi connectivity index (χ1n) is 7.96. The van der Waals surface area contributed by atoms with Gasteiger partial charge < -0.3 is 15.7 Å². The van der Waals surface area contributed by atoms with Crippen LogP contribution in [0.1, 0.15) is 44.1 Å². The molecule has 1 saturated carbocycles. The molecule has 1 aliphatic rings. The van der Waals surface area contributed by atoms with Crippen molar-refractivity contribution in [2.75, 3.05) is 11.9 Å². The topological polar surface area (TPSA) is 78.4 Å². The highest BCUT2D eigenvalue weighted by Crippen LogP contribution is 2.23. The lowest BCUT2D eigenvalue weighted by Crippen LogP contribution is -2.34. The molecule has 2 rings (SSSR count). The van der Waals surface area contributed by atoms with E-state index in [1.54, 1.807) is 24.3 Å². The number of hydrogen-bond acceptors (Lipinski definition) is 3. The van der Waals surface area contributed by atoms with Crippen molar-refractivity contribution in [2.45, 2.75) is 45.1 Å². The molecule has 2 amide bonds. The summed E-state index contributed by atoms with van der Waals surface area (Å²) in [4.78, 5) is 23.8. The highest BCUT2D eigenvalue weighted by atomic mass is 16.3. The van der Waals surface area contributed by atoms with E-state index in [0.29, 0.717) is 12.2 Å². The van der Waals surface area contributed by atoms with Crippen molar-refractivity contribution in [1.82, 2.24) is 5.32 Å². The molecular formula is C17H24N2O3. The van der Waals surface area contributed by atoms with Gasteiger partial charge in [0.2, 0.25) is 11.8 Å². The third kappa shape index (κ3) is 5.15. The number of anilines is 1. The smallest absolute Gasteiger partial charge is 0.226 e. The lowest BCUT2D eigenvalue weighted by atomic mass is 9.89. The largest absolute Gasteiger partial charge is 0.392 e. The molecule has 0 bridgehead atoms. The molecule has 0 radical (unpaired) electrons. The Morgan fingerprint density at radius 3 is 2.68 bits per heavy atom. The maximum Gasteiger partial charge on any atom is 0.226 e. The van der Waals surface area contributed by atoms with Crippen molar-refractivity contribution in [3.8, 4) is 0 Å². The fourth-order valence-electron chi connectivity index (χ4n) is 2.78. The van der Waals surface area contributed by atoms with E-state index < -0.39 is 0 Å². The van der Waals surface area contributed by atoms with Crippen LogP contribution in [0.3, 0.4) is 0 Å². The van der Waals surface area contributed by atoms with Crippen LogP contribution in [0.4, 0.5) is 5.69 Å². The fourth-order valence-corrected chi connectivity index (χ4v) is 2.78. The third-order valence-electron chi connectivity index (χ3n) is 4.02. The first kappa shape index (κ1) is 16.5. The summed E-state index contributed by atoms with van der Waals surface area (Å²) < 4.78 is 0. The van der Waals surface area contributed by atoms with Crippen molar-refractivity contribution < 1.29 is 14.7 Å². The summed E-state index contributed by atoms with van der Waals surface area (Å²) in [5.41, 5.74) is 1.42. The van der Waals surface area contributed by atoms with Crippen LogP contribution in [-0.2, 0) is 16.2 Å². The summed E-state index contributed by atoms with van der Waals surface area (Å²) in [5.74, 6) is 0.0619. The van der Waals surface area contributed by atoms with E-state index in [2.05, 4.69) is 10.6 Å². The number of rotatable bonds is 6. The average Bonchev–Trinajstić information content (AvgIpc) is 2.55. The molecule has 0 aromatic heterocycles. The Morgan fingerprint density at radius 2 is 1.95 bits per heavy atom. The van der Waals surface area contributed by atoms with Gasteiger partial charge in [0.05, 0.1) is 6.61 Å². The number of carbonyl (C=O) groups is 2. The zero-order chi connectivity index (χ0) is 15.8. The van der Waals surface area contributed by atoms with Gasteiger partial charge in [-0.15, -0.1) is 0 Å². The molecular weight excluding hydrogens is 280 g/mol. The fraction of sp³-hybridized carbons (Fsp3) is 0.529. The third-order valence-corrected chi connectivity index (χ3v) is 4.02. The van der Waals surface area contributed by atoms with E-state index >= 15 is 0 Å². The Morgan fingerprint density at radius 1 is 1.18 bits per heavy atom. The molecule has 1 aromatic rings. The Bertz CT molecular complexity index is 510. The van der Waals surface area contributed by atoms with Crippen LogP contribution < -0.4 is 10.6 Å². The number of nitrogens with one attached hydrogen (secondary N) is 2. The van der Waals surface area contributed by atoms with Crippen LogP contribution in [-0.4, -0.2) is 23.5 Å². The molecule has 0 unspecified atom stereocenters. The molecule has 0 aliphatic heterocycles. The minimum Gasteiger partial charge on any atom is -0.392 e. The van der Waals surface area contributed by atoms with Gasteiger partial charge in [-0.1, -0.05) is 31.4 Å². The predicted octanol–water partition coefficient (Wildman–Crippen LogP) is 2.20. The van der Waals surface area contributed by atoms with Crippen molar-refractivity contribution in [2.24, 2.45) is 5.92 Å². The normalized spacial score (nSPS) is 15.3. The number of hydrogen-bond donors (Lipinski definition) is 3. The molecule has 1 aliphatic carbocycles. The monoisotopic (exact) mass is 304 g/mol. The van der Waals surface area contributed by atoms with Crippen LogP contribution in [0, 0.1) is 5.92 Å². The predicted molar refractivity (Wildman–Crippen MR) is 85.2 cm³/mol. The van der Waals surface area contributed by atoms with Crippen LogP contribution in [0.15, 0.2) is 24.3 Å². The van der Waals surface area contributed by atoms with Crippen molar-refractivity contribution in [3.63, 3.8) is 0 Å². The van der Waals surface area contributed by atoms with E-state index in [4.69, 9.17) is 5.11 Å². The minimum absolute atomic E-state index is 0.0544. The molecule has 0 saturated heterocycles. The Balaban J connectivity index is 1.69. The summed E-state index contributed by atoms with van der Waals surface area (Å²) >= 11 is 0. The van der Waals surface area contributed by atoms with Gasteiger partial charge in [0.25, 0.3) is 0 Å². The van der Waals surface area contributed by atoms with E-state index in [9.17, 15) is 9.59 Å². The summed E-state index contributed by atoms with van der Waals surface area (Å²) in [5, 5.41) is 14.7. The van der Waals surface area contributed by atoms with Gasteiger partial charge in [-0.2, -0.15) is 0 Å². The molecule has 3 N–H and O–H groups in total. The SMILES string of the molecule is O=C(CCNC(=O)C1CCCCC1)Nc1cccc(CO)c1. The molecule has 0 heterocycles. The highest BCUT2D eigenvalue weighted by molar-refractivity contribution is 5.91. The number of benzene rings is 1. The van der Waals surface area contributed by atoms with E-state index in [1.807, 2.05) is 0 Å². The van der Waals surface area contributed by atoms with Crippen LogP contribution in [0.25, 0.3) is 0 Å². The van der Waals surface area contributed by atoms with Gasteiger partial charge in [0.1, 0.15) is 0 Å².